The summed E-state index contributed by atoms with van der Waals surface area (Å²) in [6, 6.07) is 14.8. The number of rotatable bonds is 8. The van der Waals surface area contributed by atoms with Gasteiger partial charge in [0.25, 0.3) is 0 Å². The molecule has 0 bridgehead atoms. The summed E-state index contributed by atoms with van der Waals surface area (Å²) < 4.78 is 11.0. The van der Waals surface area contributed by atoms with Gasteiger partial charge in [0, 0.05) is 54.5 Å². The number of hydrogen-bond donors (Lipinski definition) is 2. The fraction of sp³-hybridized carbons (Fsp3) is 0.348. The van der Waals surface area contributed by atoms with Gasteiger partial charge in [-0.1, -0.05) is 18.2 Å². The number of fused-ring (bicyclic) bond motifs is 1. The number of aromatic nitrogens is 1. The summed E-state index contributed by atoms with van der Waals surface area (Å²) >= 11 is 0. The molecule has 0 saturated carbocycles. The molecular formula is C23H27N3O3. The maximum atomic E-state index is 9.02. The molecule has 6 heteroatoms. The Morgan fingerprint density at radius 1 is 1.21 bits per heavy atom. The molecule has 0 unspecified atom stereocenters. The number of anilines is 1. The molecule has 3 aromatic rings. The van der Waals surface area contributed by atoms with Gasteiger partial charge in [-0.05, 0) is 36.2 Å². The van der Waals surface area contributed by atoms with E-state index in [1.807, 2.05) is 24.5 Å². The number of hydrogen-bond acceptors (Lipinski definition) is 6. The number of benzene rings is 2. The van der Waals surface area contributed by atoms with Gasteiger partial charge in [-0.2, -0.15) is 0 Å². The maximum Gasteiger partial charge on any atom is 0.161 e. The summed E-state index contributed by atoms with van der Waals surface area (Å²) in [5.74, 6) is 1.37. The van der Waals surface area contributed by atoms with Crippen molar-refractivity contribution >= 4 is 16.5 Å². The third kappa shape index (κ3) is 4.60. The molecule has 1 fully saturated rings. The average Bonchev–Trinajstić information content (AvgIpc) is 3.19. The lowest BCUT2D eigenvalue weighted by Gasteiger charge is -2.19. The van der Waals surface area contributed by atoms with Crippen LogP contribution in [-0.2, 0) is 6.54 Å². The number of aliphatic hydroxyl groups is 1. The van der Waals surface area contributed by atoms with Crippen LogP contribution < -0.4 is 14.8 Å². The predicted molar refractivity (Wildman–Crippen MR) is 115 cm³/mol. The Hall–Kier alpha value is -2.83. The molecular weight excluding hydrogens is 366 g/mol. The first-order valence-corrected chi connectivity index (χ1v) is 9.99. The van der Waals surface area contributed by atoms with Crippen molar-refractivity contribution in [3.8, 4) is 11.5 Å². The van der Waals surface area contributed by atoms with Crippen molar-refractivity contribution < 1.29 is 14.6 Å². The molecule has 1 aromatic heterocycles. The summed E-state index contributed by atoms with van der Waals surface area (Å²) in [5, 5.41) is 15.1. The Morgan fingerprint density at radius 2 is 2.14 bits per heavy atom. The number of ether oxygens (including phenoxy) is 2. The van der Waals surface area contributed by atoms with Crippen LogP contribution in [0.1, 0.15) is 12.0 Å². The number of likely N-dealkylation sites (tertiary alicyclic amines) is 1. The standard InChI is InChI=1S/C23H27N3O3/c1-28-22-6-5-17(13-23(22)29-12-11-27)15-26-10-8-19(16-26)25-21-4-2-3-18-14-24-9-7-20(18)21/h2-7,9,13-14,19,25,27H,8,10-12,15-16H2,1H3/t19-/m1/s1. The van der Waals surface area contributed by atoms with Crippen molar-refractivity contribution in [2.45, 2.75) is 19.0 Å². The summed E-state index contributed by atoms with van der Waals surface area (Å²) in [6.07, 6.45) is 4.85. The molecule has 2 N–H and O–H groups in total. The van der Waals surface area contributed by atoms with Crippen molar-refractivity contribution in [3.63, 3.8) is 0 Å². The summed E-state index contributed by atoms with van der Waals surface area (Å²) in [7, 11) is 1.63. The van der Waals surface area contributed by atoms with Gasteiger partial charge in [0.15, 0.2) is 11.5 Å². The minimum absolute atomic E-state index is 0.0168. The van der Waals surface area contributed by atoms with Crippen molar-refractivity contribution in [2.75, 3.05) is 38.7 Å². The van der Waals surface area contributed by atoms with E-state index < -0.39 is 0 Å². The summed E-state index contributed by atoms with van der Waals surface area (Å²) in [6.45, 7) is 3.13. The highest BCUT2D eigenvalue weighted by atomic mass is 16.5. The lowest BCUT2D eigenvalue weighted by molar-refractivity contribution is 0.196. The van der Waals surface area contributed by atoms with Gasteiger partial charge in [-0.25, -0.2) is 0 Å². The first kappa shape index (κ1) is 19.5. The van der Waals surface area contributed by atoms with E-state index in [1.54, 1.807) is 7.11 Å². The minimum Gasteiger partial charge on any atom is -0.493 e. The van der Waals surface area contributed by atoms with Gasteiger partial charge >= 0.3 is 0 Å². The predicted octanol–water partition coefficient (Wildman–Crippen LogP) is 3.30. The SMILES string of the molecule is COc1ccc(CN2CC[C@@H](Nc3cccc4cnccc34)C2)cc1OCCO. The van der Waals surface area contributed by atoms with E-state index in [0.717, 1.165) is 31.4 Å². The molecule has 4 rings (SSSR count). The molecule has 0 aliphatic carbocycles. The van der Waals surface area contributed by atoms with E-state index in [9.17, 15) is 0 Å². The molecule has 2 aromatic carbocycles. The fourth-order valence-electron chi connectivity index (χ4n) is 3.91. The Morgan fingerprint density at radius 3 is 3.00 bits per heavy atom. The van der Waals surface area contributed by atoms with Crippen LogP contribution in [-0.4, -0.2) is 54.4 Å². The monoisotopic (exact) mass is 393 g/mol. The third-order valence-electron chi connectivity index (χ3n) is 5.30. The molecule has 1 saturated heterocycles. The van der Waals surface area contributed by atoms with E-state index in [0.29, 0.717) is 17.5 Å². The summed E-state index contributed by atoms with van der Waals surface area (Å²) in [5.41, 5.74) is 2.34. The molecule has 0 radical (unpaired) electrons. The molecule has 1 aliphatic heterocycles. The zero-order valence-electron chi connectivity index (χ0n) is 16.7. The molecule has 152 valence electrons. The molecule has 6 nitrogen and oxygen atoms in total. The Balaban J connectivity index is 1.40. The van der Waals surface area contributed by atoms with Crippen LogP contribution >= 0.6 is 0 Å². The zero-order chi connectivity index (χ0) is 20.1. The highest BCUT2D eigenvalue weighted by Crippen LogP contribution is 2.30. The first-order chi connectivity index (χ1) is 14.3. The normalized spacial score (nSPS) is 16.8. The summed E-state index contributed by atoms with van der Waals surface area (Å²) in [4.78, 5) is 6.66. The van der Waals surface area contributed by atoms with Gasteiger partial charge in [-0.15, -0.1) is 0 Å². The number of nitrogens with zero attached hydrogens (tertiary/aromatic N) is 2. The van der Waals surface area contributed by atoms with Crippen LogP contribution in [0.4, 0.5) is 5.69 Å². The van der Waals surface area contributed by atoms with Crippen LogP contribution in [0.25, 0.3) is 10.8 Å². The van der Waals surface area contributed by atoms with Crippen LogP contribution in [0.3, 0.4) is 0 Å². The average molecular weight is 393 g/mol. The zero-order valence-corrected chi connectivity index (χ0v) is 16.7. The molecule has 29 heavy (non-hydrogen) atoms. The lowest BCUT2D eigenvalue weighted by Crippen LogP contribution is -2.26. The van der Waals surface area contributed by atoms with E-state index in [-0.39, 0.29) is 13.2 Å². The van der Waals surface area contributed by atoms with E-state index in [4.69, 9.17) is 14.6 Å². The quantitative estimate of drug-likeness (QED) is 0.612. The largest absolute Gasteiger partial charge is 0.493 e. The Kier molecular flexibility index (Phi) is 6.12. The number of nitrogens with one attached hydrogen (secondary N) is 1. The highest BCUT2D eigenvalue weighted by molar-refractivity contribution is 5.93. The van der Waals surface area contributed by atoms with Crippen LogP contribution in [0.15, 0.2) is 54.9 Å². The van der Waals surface area contributed by atoms with Crippen molar-refractivity contribution in [2.24, 2.45) is 0 Å². The van der Waals surface area contributed by atoms with Gasteiger partial charge in [0.05, 0.1) is 13.7 Å². The highest BCUT2D eigenvalue weighted by Gasteiger charge is 2.23. The fourth-order valence-corrected chi connectivity index (χ4v) is 3.91. The molecule has 1 atom stereocenters. The first-order valence-electron chi connectivity index (χ1n) is 9.99. The van der Waals surface area contributed by atoms with Crippen molar-refractivity contribution in [1.82, 2.24) is 9.88 Å². The second kappa shape index (κ2) is 9.11. The smallest absolute Gasteiger partial charge is 0.161 e. The van der Waals surface area contributed by atoms with Gasteiger partial charge in [0.2, 0.25) is 0 Å². The number of methoxy groups -OCH3 is 1. The maximum absolute atomic E-state index is 9.02. The molecule has 0 amide bonds. The minimum atomic E-state index is -0.0168. The van der Waals surface area contributed by atoms with Gasteiger partial charge in [0.1, 0.15) is 6.61 Å². The molecule has 0 spiro atoms. The topological polar surface area (TPSA) is 66.9 Å². The second-order valence-electron chi connectivity index (χ2n) is 7.32. The number of aliphatic hydroxyl groups excluding tert-OH is 1. The third-order valence-corrected chi connectivity index (χ3v) is 5.30. The van der Waals surface area contributed by atoms with E-state index >= 15 is 0 Å². The van der Waals surface area contributed by atoms with Crippen LogP contribution in [0.5, 0.6) is 11.5 Å². The molecule has 1 aliphatic rings. The second-order valence-corrected chi connectivity index (χ2v) is 7.32. The molecule has 2 heterocycles. The number of pyridine rings is 1. The van der Waals surface area contributed by atoms with Crippen molar-refractivity contribution in [3.05, 3.63) is 60.4 Å². The van der Waals surface area contributed by atoms with E-state index in [2.05, 4.69) is 45.5 Å². The Bertz CT molecular complexity index is 958. The van der Waals surface area contributed by atoms with Gasteiger partial charge in [-0.3, -0.25) is 9.88 Å². The van der Waals surface area contributed by atoms with Crippen LogP contribution in [0, 0.1) is 0 Å². The van der Waals surface area contributed by atoms with Crippen LogP contribution in [0.2, 0.25) is 0 Å². The Labute approximate surface area is 171 Å². The van der Waals surface area contributed by atoms with E-state index in [1.165, 1.54) is 16.6 Å². The van der Waals surface area contributed by atoms with Gasteiger partial charge < -0.3 is 19.9 Å². The lowest BCUT2D eigenvalue weighted by atomic mass is 10.1. The van der Waals surface area contributed by atoms with Crippen molar-refractivity contribution in [1.29, 1.82) is 0 Å².